The normalized spacial score (nSPS) is 13.7. The van der Waals surface area contributed by atoms with Gasteiger partial charge in [-0.1, -0.05) is 12.1 Å². The zero-order chi connectivity index (χ0) is 20.4. The number of aromatic nitrogens is 1. The molecule has 2 heterocycles. The number of ketones is 1. The van der Waals surface area contributed by atoms with Gasteiger partial charge in [0.25, 0.3) is 5.69 Å². The summed E-state index contributed by atoms with van der Waals surface area (Å²) >= 11 is 0. The molecule has 1 aliphatic heterocycles. The lowest BCUT2D eigenvalue weighted by Crippen LogP contribution is -2.37. The SMILES string of the molecule is Cc1c(OC(c2ccc(C#N)cc2)c2cccc[n+]2O)ccc2c1OCCC2=O. The number of pyridine rings is 1. The number of Topliss-reactive ketones (excluding diaryl/α,β-unsaturated/α-hetero) is 1. The van der Waals surface area contributed by atoms with Crippen LogP contribution in [0.5, 0.6) is 11.5 Å². The number of benzene rings is 2. The van der Waals surface area contributed by atoms with Crippen LogP contribution in [0.1, 0.15) is 45.3 Å². The van der Waals surface area contributed by atoms with Gasteiger partial charge in [0.2, 0.25) is 12.3 Å². The lowest BCUT2D eigenvalue weighted by Gasteiger charge is -2.23. The zero-order valence-corrected chi connectivity index (χ0v) is 15.8. The number of hydrogen-bond acceptors (Lipinski definition) is 5. The van der Waals surface area contributed by atoms with Crippen molar-refractivity contribution in [2.75, 3.05) is 6.61 Å². The minimum absolute atomic E-state index is 0.0563. The third-order valence-electron chi connectivity index (χ3n) is 4.96. The summed E-state index contributed by atoms with van der Waals surface area (Å²) in [5, 5.41) is 19.4. The molecule has 1 N–H and O–H groups in total. The number of carbonyl (C=O) groups is 1. The van der Waals surface area contributed by atoms with Gasteiger partial charge in [-0.15, -0.1) is 0 Å². The molecule has 0 radical (unpaired) electrons. The third-order valence-corrected chi connectivity index (χ3v) is 4.96. The van der Waals surface area contributed by atoms with Crippen molar-refractivity contribution < 1.29 is 24.2 Å². The van der Waals surface area contributed by atoms with Crippen molar-refractivity contribution in [1.82, 2.24) is 0 Å². The number of ether oxygens (including phenoxy) is 2. The minimum Gasteiger partial charge on any atom is -0.492 e. The smallest absolute Gasteiger partial charge is 0.278 e. The number of nitrogens with zero attached hydrogens (tertiary/aromatic N) is 2. The van der Waals surface area contributed by atoms with Crippen LogP contribution in [0.15, 0.2) is 60.8 Å². The van der Waals surface area contributed by atoms with Gasteiger partial charge in [-0.2, -0.15) is 5.26 Å². The second-order valence-corrected chi connectivity index (χ2v) is 6.79. The lowest BCUT2D eigenvalue weighted by molar-refractivity contribution is -0.911. The summed E-state index contributed by atoms with van der Waals surface area (Å²) in [7, 11) is 0. The van der Waals surface area contributed by atoms with Crippen molar-refractivity contribution in [1.29, 1.82) is 5.26 Å². The molecule has 0 aliphatic carbocycles. The molecule has 0 bridgehead atoms. The van der Waals surface area contributed by atoms with Crippen molar-refractivity contribution in [2.24, 2.45) is 0 Å². The van der Waals surface area contributed by atoms with E-state index in [0.29, 0.717) is 41.3 Å². The molecule has 1 aliphatic rings. The monoisotopic (exact) mass is 387 g/mol. The Kier molecular flexibility index (Phi) is 4.88. The number of fused-ring (bicyclic) bond motifs is 1. The molecule has 0 saturated heterocycles. The van der Waals surface area contributed by atoms with E-state index in [-0.39, 0.29) is 5.78 Å². The Bertz CT molecular complexity index is 1120. The molecule has 1 atom stereocenters. The molecule has 0 fully saturated rings. The van der Waals surface area contributed by atoms with E-state index >= 15 is 0 Å². The first-order valence-electron chi connectivity index (χ1n) is 9.24. The molecule has 144 valence electrons. The van der Waals surface area contributed by atoms with E-state index in [1.54, 1.807) is 48.5 Å². The molecular weight excluding hydrogens is 368 g/mol. The molecule has 4 rings (SSSR count). The van der Waals surface area contributed by atoms with E-state index < -0.39 is 6.10 Å². The molecule has 1 aromatic heterocycles. The van der Waals surface area contributed by atoms with E-state index in [2.05, 4.69) is 6.07 Å². The first-order chi connectivity index (χ1) is 14.1. The lowest BCUT2D eigenvalue weighted by atomic mass is 10.0. The molecule has 0 saturated carbocycles. The number of nitriles is 1. The highest BCUT2D eigenvalue weighted by molar-refractivity contribution is 6.00. The predicted molar refractivity (Wildman–Crippen MR) is 103 cm³/mol. The summed E-state index contributed by atoms with van der Waals surface area (Å²) in [6.45, 7) is 2.20. The summed E-state index contributed by atoms with van der Waals surface area (Å²) in [5.41, 5.74) is 3.12. The largest absolute Gasteiger partial charge is 0.492 e. The van der Waals surface area contributed by atoms with Crippen molar-refractivity contribution in [3.05, 3.63) is 88.7 Å². The van der Waals surface area contributed by atoms with Crippen LogP contribution in [0, 0.1) is 18.3 Å². The van der Waals surface area contributed by atoms with Crippen LogP contribution in [0.2, 0.25) is 0 Å². The second kappa shape index (κ2) is 7.64. The van der Waals surface area contributed by atoms with Gasteiger partial charge in [0.15, 0.2) is 5.78 Å². The van der Waals surface area contributed by atoms with Crippen LogP contribution in [-0.4, -0.2) is 17.6 Å². The van der Waals surface area contributed by atoms with Gasteiger partial charge in [0.05, 0.1) is 23.8 Å². The van der Waals surface area contributed by atoms with Gasteiger partial charge in [-0.3, -0.25) is 10.0 Å². The van der Waals surface area contributed by atoms with Crippen molar-refractivity contribution in [2.45, 2.75) is 19.4 Å². The van der Waals surface area contributed by atoms with Crippen LogP contribution < -0.4 is 14.2 Å². The molecule has 2 aromatic carbocycles. The first kappa shape index (κ1) is 18.5. The quantitative estimate of drug-likeness (QED) is 0.547. The average Bonchev–Trinajstić information content (AvgIpc) is 2.75. The third kappa shape index (κ3) is 3.50. The Morgan fingerprint density at radius 3 is 2.69 bits per heavy atom. The van der Waals surface area contributed by atoms with E-state index in [1.165, 1.54) is 6.20 Å². The second-order valence-electron chi connectivity index (χ2n) is 6.79. The van der Waals surface area contributed by atoms with Crippen LogP contribution in [-0.2, 0) is 0 Å². The summed E-state index contributed by atoms with van der Waals surface area (Å²) in [4.78, 5) is 12.1. The first-order valence-corrected chi connectivity index (χ1v) is 9.24. The maximum atomic E-state index is 12.1. The molecule has 6 heteroatoms. The summed E-state index contributed by atoms with van der Waals surface area (Å²) in [6.07, 6.45) is 1.26. The number of hydrogen-bond donors (Lipinski definition) is 1. The van der Waals surface area contributed by atoms with Crippen molar-refractivity contribution in [3.8, 4) is 17.6 Å². The number of carbonyl (C=O) groups excluding carboxylic acids is 1. The Morgan fingerprint density at radius 1 is 1.17 bits per heavy atom. The van der Waals surface area contributed by atoms with Gasteiger partial charge < -0.3 is 9.47 Å². The molecule has 0 amide bonds. The molecule has 1 unspecified atom stereocenters. The van der Waals surface area contributed by atoms with Gasteiger partial charge in [-0.25, -0.2) is 0 Å². The fraction of sp³-hybridized carbons (Fsp3) is 0.174. The van der Waals surface area contributed by atoms with Gasteiger partial charge >= 0.3 is 0 Å². The van der Waals surface area contributed by atoms with Crippen LogP contribution in [0.4, 0.5) is 0 Å². The topological polar surface area (TPSA) is 83.4 Å². The maximum Gasteiger partial charge on any atom is 0.278 e. The highest BCUT2D eigenvalue weighted by Gasteiger charge is 2.29. The Balaban J connectivity index is 1.78. The molecule has 6 nitrogen and oxygen atoms in total. The minimum atomic E-state index is -0.634. The fourth-order valence-electron chi connectivity index (χ4n) is 3.40. The Labute approximate surface area is 168 Å². The van der Waals surface area contributed by atoms with Gasteiger partial charge in [0.1, 0.15) is 11.5 Å². The standard InChI is InChI=1S/C23H19N2O4/c1-15-21(10-9-18-20(26)11-13-28-22(15)18)29-23(19-4-2-3-12-25(19)27)17-7-5-16(14-24)6-8-17/h2-10,12,23,27H,11,13H2,1H3/q+1. The fourth-order valence-corrected chi connectivity index (χ4v) is 3.40. The van der Waals surface area contributed by atoms with Crippen LogP contribution >= 0.6 is 0 Å². The zero-order valence-electron chi connectivity index (χ0n) is 15.8. The van der Waals surface area contributed by atoms with Gasteiger partial charge in [-0.05, 0) is 37.3 Å². The molecule has 3 aromatic rings. The summed E-state index contributed by atoms with van der Waals surface area (Å²) in [5.74, 6) is 1.15. The highest BCUT2D eigenvalue weighted by Crippen LogP contribution is 2.37. The number of rotatable bonds is 4. The molecular formula is C23H19N2O4+. The Morgan fingerprint density at radius 2 is 1.97 bits per heavy atom. The predicted octanol–water partition coefficient (Wildman–Crippen LogP) is 3.53. The van der Waals surface area contributed by atoms with Crippen LogP contribution in [0.25, 0.3) is 0 Å². The maximum absolute atomic E-state index is 12.1. The van der Waals surface area contributed by atoms with Crippen molar-refractivity contribution >= 4 is 5.78 Å². The van der Waals surface area contributed by atoms with Crippen LogP contribution in [0.3, 0.4) is 0 Å². The summed E-state index contributed by atoms with van der Waals surface area (Å²) < 4.78 is 13.0. The Hall–Kier alpha value is -3.85. The van der Waals surface area contributed by atoms with Gasteiger partial charge in [0, 0.05) is 34.4 Å². The highest BCUT2D eigenvalue weighted by atomic mass is 16.5. The molecule has 29 heavy (non-hydrogen) atoms. The molecule has 0 spiro atoms. The van der Waals surface area contributed by atoms with E-state index in [4.69, 9.17) is 14.7 Å². The summed E-state index contributed by atoms with van der Waals surface area (Å²) in [6, 6.07) is 17.8. The van der Waals surface area contributed by atoms with E-state index in [1.807, 2.05) is 13.0 Å². The van der Waals surface area contributed by atoms with E-state index in [0.717, 1.165) is 15.9 Å². The van der Waals surface area contributed by atoms with E-state index in [9.17, 15) is 10.0 Å². The van der Waals surface area contributed by atoms with Crippen molar-refractivity contribution in [3.63, 3.8) is 0 Å². The average molecular weight is 387 g/mol.